The molecule has 1 fully saturated rings. The third-order valence-electron chi connectivity index (χ3n) is 4.54. The zero-order chi connectivity index (χ0) is 15.2. The number of H-pyrrole nitrogens is 1. The lowest BCUT2D eigenvalue weighted by Crippen LogP contribution is -2.39. The average Bonchev–Trinajstić information content (AvgIpc) is 2.91. The van der Waals surface area contributed by atoms with E-state index in [0.717, 1.165) is 24.4 Å². The third kappa shape index (κ3) is 4.30. The van der Waals surface area contributed by atoms with Crippen LogP contribution < -0.4 is 0 Å². The van der Waals surface area contributed by atoms with Crippen molar-refractivity contribution >= 4 is 5.91 Å². The molecule has 5 nitrogen and oxygen atoms in total. The predicted molar refractivity (Wildman–Crippen MR) is 81.6 cm³/mol. The van der Waals surface area contributed by atoms with Crippen LogP contribution in [-0.2, 0) is 11.3 Å². The van der Waals surface area contributed by atoms with Crippen molar-refractivity contribution in [2.24, 2.45) is 11.8 Å². The van der Waals surface area contributed by atoms with E-state index >= 15 is 0 Å². The summed E-state index contributed by atoms with van der Waals surface area (Å²) in [6, 6.07) is 0. The van der Waals surface area contributed by atoms with E-state index in [1.165, 1.54) is 19.3 Å². The molecule has 1 atom stereocenters. The number of aromatic amines is 1. The van der Waals surface area contributed by atoms with Crippen molar-refractivity contribution in [2.75, 3.05) is 13.2 Å². The highest BCUT2D eigenvalue weighted by Gasteiger charge is 2.29. The van der Waals surface area contributed by atoms with Crippen LogP contribution in [0.1, 0.15) is 50.5 Å². The van der Waals surface area contributed by atoms with E-state index in [2.05, 4.69) is 9.97 Å². The Morgan fingerprint density at radius 3 is 2.76 bits per heavy atom. The summed E-state index contributed by atoms with van der Waals surface area (Å²) in [4.78, 5) is 21.8. The first kappa shape index (κ1) is 16.0. The lowest BCUT2D eigenvalue weighted by Gasteiger charge is -2.31. The quantitative estimate of drug-likeness (QED) is 0.845. The van der Waals surface area contributed by atoms with Crippen molar-refractivity contribution in [1.29, 1.82) is 0 Å². The van der Waals surface area contributed by atoms with E-state index < -0.39 is 0 Å². The van der Waals surface area contributed by atoms with Crippen LogP contribution in [0.15, 0.2) is 6.20 Å². The molecule has 2 rings (SSSR count). The molecular weight excluding hydrogens is 266 g/mol. The van der Waals surface area contributed by atoms with Crippen LogP contribution in [0.2, 0.25) is 0 Å². The second kappa shape index (κ2) is 7.59. The fourth-order valence-corrected chi connectivity index (χ4v) is 3.27. The number of amides is 1. The van der Waals surface area contributed by atoms with Gasteiger partial charge in [-0.1, -0.05) is 26.2 Å². The van der Waals surface area contributed by atoms with Crippen LogP contribution in [0.25, 0.3) is 0 Å². The molecule has 118 valence electrons. The Kier molecular flexibility index (Phi) is 5.79. The molecule has 1 heterocycles. The highest BCUT2D eigenvalue weighted by molar-refractivity contribution is 5.78. The first-order valence-corrected chi connectivity index (χ1v) is 8.02. The lowest BCUT2D eigenvalue weighted by atomic mass is 9.80. The number of aliphatic hydroxyl groups excluding tert-OH is 1. The van der Waals surface area contributed by atoms with Crippen LogP contribution in [0, 0.1) is 18.8 Å². The van der Waals surface area contributed by atoms with Gasteiger partial charge in [0.15, 0.2) is 0 Å². The van der Waals surface area contributed by atoms with Gasteiger partial charge in [-0.15, -0.1) is 0 Å². The molecule has 1 aromatic rings. The Morgan fingerprint density at radius 1 is 1.48 bits per heavy atom. The number of imidazole rings is 1. The van der Waals surface area contributed by atoms with Gasteiger partial charge in [0, 0.05) is 12.5 Å². The summed E-state index contributed by atoms with van der Waals surface area (Å²) < 4.78 is 0. The molecule has 1 aromatic heterocycles. The molecule has 0 aromatic carbocycles. The zero-order valence-corrected chi connectivity index (χ0v) is 13.1. The molecule has 5 heteroatoms. The molecule has 0 radical (unpaired) electrons. The Morgan fingerprint density at radius 2 is 2.19 bits per heavy atom. The minimum atomic E-state index is -0.00372. The number of carbonyl (C=O) groups is 1. The van der Waals surface area contributed by atoms with Crippen molar-refractivity contribution in [3.8, 4) is 0 Å². The number of aromatic nitrogens is 2. The molecule has 0 aliphatic heterocycles. The van der Waals surface area contributed by atoms with Crippen LogP contribution in [0.5, 0.6) is 0 Å². The smallest absolute Gasteiger partial charge is 0.226 e. The lowest BCUT2D eigenvalue weighted by molar-refractivity contribution is -0.138. The Balaban J connectivity index is 2.00. The van der Waals surface area contributed by atoms with Gasteiger partial charge in [-0.25, -0.2) is 4.98 Å². The van der Waals surface area contributed by atoms with Crippen LogP contribution in [-0.4, -0.2) is 39.0 Å². The van der Waals surface area contributed by atoms with E-state index in [9.17, 15) is 9.90 Å². The number of hydrogen-bond acceptors (Lipinski definition) is 3. The molecule has 21 heavy (non-hydrogen) atoms. The maximum absolute atomic E-state index is 12.7. The van der Waals surface area contributed by atoms with Crippen molar-refractivity contribution in [2.45, 2.75) is 52.5 Å². The minimum Gasteiger partial charge on any atom is -0.395 e. The van der Waals surface area contributed by atoms with E-state index in [1.807, 2.05) is 13.8 Å². The molecule has 2 N–H and O–H groups in total. The Bertz CT molecular complexity index is 452. The van der Waals surface area contributed by atoms with Gasteiger partial charge >= 0.3 is 0 Å². The van der Waals surface area contributed by atoms with Crippen molar-refractivity contribution in [1.82, 2.24) is 14.9 Å². The Hall–Kier alpha value is -1.36. The van der Waals surface area contributed by atoms with E-state index in [-0.39, 0.29) is 18.4 Å². The van der Waals surface area contributed by atoms with Crippen molar-refractivity contribution in [3.63, 3.8) is 0 Å². The summed E-state index contributed by atoms with van der Waals surface area (Å²) in [5.41, 5.74) is 0.921. The molecule has 0 saturated heterocycles. The molecule has 1 amide bonds. The largest absolute Gasteiger partial charge is 0.395 e. The standard InChI is InChI=1S/C16H27N3O2/c1-12(14-6-4-3-5-7-14)16(21)19(8-9-20)11-15-10-17-13(2)18-15/h10,12,14,20H,3-9,11H2,1-2H3,(H,17,18). The number of hydrogen-bond donors (Lipinski definition) is 2. The number of nitrogens with one attached hydrogen (secondary N) is 1. The Labute approximate surface area is 126 Å². The molecule has 0 bridgehead atoms. The fourth-order valence-electron chi connectivity index (χ4n) is 3.27. The maximum atomic E-state index is 12.7. The van der Waals surface area contributed by atoms with Crippen LogP contribution in [0.4, 0.5) is 0 Å². The van der Waals surface area contributed by atoms with Crippen molar-refractivity contribution in [3.05, 3.63) is 17.7 Å². The summed E-state index contributed by atoms with van der Waals surface area (Å²) in [6.45, 7) is 4.81. The zero-order valence-electron chi connectivity index (χ0n) is 13.1. The van der Waals surface area contributed by atoms with Gasteiger partial charge in [-0.3, -0.25) is 4.79 Å². The highest BCUT2D eigenvalue weighted by Crippen LogP contribution is 2.31. The highest BCUT2D eigenvalue weighted by atomic mass is 16.3. The summed E-state index contributed by atoms with van der Waals surface area (Å²) in [5.74, 6) is 1.54. The fraction of sp³-hybridized carbons (Fsp3) is 0.750. The van der Waals surface area contributed by atoms with E-state index in [0.29, 0.717) is 19.0 Å². The predicted octanol–water partition coefficient (Wildman–Crippen LogP) is 2.26. The third-order valence-corrected chi connectivity index (χ3v) is 4.54. The summed E-state index contributed by atoms with van der Waals surface area (Å²) in [5, 5.41) is 9.24. The summed E-state index contributed by atoms with van der Waals surface area (Å²) in [6.07, 6.45) is 7.85. The topological polar surface area (TPSA) is 69.2 Å². The summed E-state index contributed by atoms with van der Waals surface area (Å²) >= 11 is 0. The van der Waals surface area contributed by atoms with Crippen LogP contribution >= 0.6 is 0 Å². The van der Waals surface area contributed by atoms with Gasteiger partial charge in [0.1, 0.15) is 5.82 Å². The van der Waals surface area contributed by atoms with Gasteiger partial charge in [-0.2, -0.15) is 0 Å². The molecule has 0 spiro atoms. The average molecular weight is 293 g/mol. The minimum absolute atomic E-state index is 0.00372. The van der Waals surface area contributed by atoms with Crippen LogP contribution in [0.3, 0.4) is 0 Å². The van der Waals surface area contributed by atoms with Crippen molar-refractivity contribution < 1.29 is 9.90 Å². The molecule has 1 saturated carbocycles. The first-order chi connectivity index (χ1) is 10.1. The SMILES string of the molecule is Cc1ncc(CN(CCO)C(=O)C(C)C2CCCCC2)[nH]1. The second-order valence-corrected chi connectivity index (χ2v) is 6.16. The monoisotopic (exact) mass is 293 g/mol. The number of carbonyl (C=O) groups excluding carboxylic acids is 1. The summed E-state index contributed by atoms with van der Waals surface area (Å²) in [7, 11) is 0. The number of aryl methyl sites for hydroxylation is 1. The van der Waals surface area contributed by atoms with E-state index in [1.54, 1.807) is 11.1 Å². The molecule has 1 aliphatic carbocycles. The molecular formula is C16H27N3O2. The van der Waals surface area contributed by atoms with Gasteiger partial charge < -0.3 is 15.0 Å². The number of rotatable bonds is 6. The molecule has 1 aliphatic rings. The molecule has 1 unspecified atom stereocenters. The normalized spacial score (nSPS) is 17.7. The van der Waals surface area contributed by atoms with Gasteiger partial charge in [-0.05, 0) is 25.7 Å². The van der Waals surface area contributed by atoms with Gasteiger partial charge in [0.2, 0.25) is 5.91 Å². The van der Waals surface area contributed by atoms with Gasteiger partial charge in [0.25, 0.3) is 0 Å². The maximum Gasteiger partial charge on any atom is 0.226 e. The number of nitrogens with zero attached hydrogens (tertiary/aromatic N) is 2. The second-order valence-electron chi connectivity index (χ2n) is 6.16. The first-order valence-electron chi connectivity index (χ1n) is 8.02. The van der Waals surface area contributed by atoms with Gasteiger partial charge in [0.05, 0.1) is 25.0 Å². The number of aliphatic hydroxyl groups is 1. The van der Waals surface area contributed by atoms with E-state index in [4.69, 9.17) is 0 Å².